The molecule has 7 heteroatoms. The number of rotatable bonds is 7. The van der Waals surface area contributed by atoms with Gasteiger partial charge >= 0.3 is 0 Å². The van der Waals surface area contributed by atoms with Gasteiger partial charge in [-0.3, -0.25) is 24.1 Å². The Hall–Kier alpha value is -3.77. The minimum atomic E-state index is -1.04. The van der Waals surface area contributed by atoms with E-state index >= 15 is 0 Å². The zero-order valence-corrected chi connectivity index (χ0v) is 19.5. The molecule has 0 aromatic heterocycles. The van der Waals surface area contributed by atoms with E-state index in [4.69, 9.17) is 11.6 Å². The number of nitrogens with one attached hydrogen (secondary N) is 1. The first kappa shape index (κ1) is 23.4. The maximum absolute atomic E-state index is 13.5. The van der Waals surface area contributed by atoms with E-state index in [-0.39, 0.29) is 40.5 Å². The number of carbonyl (C=O) groups excluding carboxylic acids is 4. The van der Waals surface area contributed by atoms with Crippen molar-refractivity contribution in [3.05, 3.63) is 100 Å². The number of benzene rings is 3. The fraction of sp³-hybridized carbons (Fsp3) is 0.185. The molecule has 0 aliphatic carbocycles. The number of amides is 3. The lowest BCUT2D eigenvalue weighted by molar-refractivity contribution is -0.120. The number of imide groups is 1. The van der Waals surface area contributed by atoms with Crippen LogP contribution in [-0.2, 0) is 4.79 Å². The molecule has 1 heterocycles. The van der Waals surface area contributed by atoms with Gasteiger partial charge in [0.1, 0.15) is 6.04 Å². The summed E-state index contributed by atoms with van der Waals surface area (Å²) in [5, 5.41) is 3.12. The summed E-state index contributed by atoms with van der Waals surface area (Å²) < 4.78 is 0. The van der Waals surface area contributed by atoms with E-state index in [2.05, 4.69) is 5.32 Å². The van der Waals surface area contributed by atoms with Gasteiger partial charge in [0, 0.05) is 16.1 Å². The maximum atomic E-state index is 13.5. The number of ketones is 1. The molecular weight excluding hydrogens is 452 g/mol. The van der Waals surface area contributed by atoms with Crippen LogP contribution in [0.25, 0.3) is 0 Å². The summed E-state index contributed by atoms with van der Waals surface area (Å²) in [6.07, 6.45) is 0.271. The van der Waals surface area contributed by atoms with Crippen LogP contribution in [0.1, 0.15) is 56.9 Å². The van der Waals surface area contributed by atoms with E-state index < -0.39 is 23.8 Å². The summed E-state index contributed by atoms with van der Waals surface area (Å²) in [7, 11) is 0. The van der Waals surface area contributed by atoms with Crippen molar-refractivity contribution in [3.63, 3.8) is 0 Å². The van der Waals surface area contributed by atoms with Crippen molar-refractivity contribution in [2.75, 3.05) is 5.32 Å². The quantitative estimate of drug-likeness (QED) is 0.376. The highest BCUT2D eigenvalue weighted by Gasteiger charge is 2.43. The first-order chi connectivity index (χ1) is 16.3. The van der Waals surface area contributed by atoms with E-state index in [1.807, 2.05) is 13.8 Å². The normalized spacial score (nSPS) is 13.7. The number of nitrogens with zero attached hydrogens (tertiary/aromatic N) is 1. The molecule has 0 radical (unpaired) electrons. The number of carbonyl (C=O) groups is 4. The summed E-state index contributed by atoms with van der Waals surface area (Å²) in [5.74, 6) is -1.83. The highest BCUT2D eigenvalue weighted by Crippen LogP contribution is 2.29. The van der Waals surface area contributed by atoms with Crippen LogP contribution in [0.3, 0.4) is 0 Å². The number of halogens is 1. The molecule has 3 amide bonds. The second kappa shape index (κ2) is 9.61. The van der Waals surface area contributed by atoms with Crippen molar-refractivity contribution < 1.29 is 19.2 Å². The molecule has 0 bridgehead atoms. The molecule has 6 nitrogen and oxygen atoms in total. The summed E-state index contributed by atoms with van der Waals surface area (Å²) in [6, 6.07) is 18.7. The Morgan fingerprint density at radius 2 is 1.47 bits per heavy atom. The third-order valence-corrected chi connectivity index (χ3v) is 5.89. The summed E-state index contributed by atoms with van der Waals surface area (Å²) in [5.41, 5.74) is 1.48. The molecule has 1 atom stereocenters. The molecule has 4 rings (SSSR count). The number of fused-ring (bicyclic) bond motifs is 1. The van der Waals surface area contributed by atoms with E-state index in [1.165, 1.54) is 6.07 Å². The van der Waals surface area contributed by atoms with Crippen molar-refractivity contribution in [3.8, 4) is 0 Å². The molecule has 0 fully saturated rings. The fourth-order valence-electron chi connectivity index (χ4n) is 4.04. The second-order valence-corrected chi connectivity index (χ2v) is 8.98. The first-order valence-corrected chi connectivity index (χ1v) is 11.3. The van der Waals surface area contributed by atoms with E-state index in [0.717, 1.165) is 4.90 Å². The van der Waals surface area contributed by atoms with Crippen LogP contribution >= 0.6 is 11.6 Å². The summed E-state index contributed by atoms with van der Waals surface area (Å²) >= 11 is 6.15. The van der Waals surface area contributed by atoms with Crippen LogP contribution in [0.2, 0.25) is 5.02 Å². The van der Waals surface area contributed by atoms with Crippen molar-refractivity contribution in [1.82, 2.24) is 4.90 Å². The zero-order chi connectivity index (χ0) is 24.4. The Morgan fingerprint density at radius 3 is 2.06 bits per heavy atom. The van der Waals surface area contributed by atoms with Crippen molar-refractivity contribution in [2.24, 2.45) is 5.92 Å². The number of hydrogen-bond acceptors (Lipinski definition) is 4. The smallest absolute Gasteiger partial charge is 0.262 e. The molecule has 3 aromatic rings. The maximum Gasteiger partial charge on any atom is 0.262 e. The van der Waals surface area contributed by atoms with Gasteiger partial charge in [0.25, 0.3) is 11.8 Å². The van der Waals surface area contributed by atoms with Crippen LogP contribution in [0, 0.1) is 5.92 Å². The van der Waals surface area contributed by atoms with Gasteiger partial charge in [-0.25, -0.2) is 0 Å². The lowest BCUT2D eigenvalue weighted by Gasteiger charge is -2.27. The molecule has 1 N–H and O–H groups in total. The molecule has 0 saturated heterocycles. The molecule has 34 heavy (non-hydrogen) atoms. The third-order valence-electron chi connectivity index (χ3n) is 5.65. The minimum Gasteiger partial charge on any atom is -0.324 e. The van der Waals surface area contributed by atoms with Gasteiger partial charge in [-0.05, 0) is 42.7 Å². The Kier molecular flexibility index (Phi) is 6.61. The number of anilines is 1. The SMILES string of the molecule is CC(C)C[C@H](C(=O)Nc1ccc(Cl)cc1C(=O)c1ccccc1)N1C(=O)c2ccccc2C1=O. The Bertz CT molecular complexity index is 1250. The summed E-state index contributed by atoms with van der Waals surface area (Å²) in [4.78, 5) is 53.7. The van der Waals surface area contributed by atoms with E-state index in [9.17, 15) is 19.2 Å². The summed E-state index contributed by atoms with van der Waals surface area (Å²) in [6.45, 7) is 3.82. The largest absolute Gasteiger partial charge is 0.324 e. The minimum absolute atomic E-state index is 0.0238. The van der Waals surface area contributed by atoms with E-state index in [0.29, 0.717) is 10.6 Å². The van der Waals surface area contributed by atoms with Gasteiger partial charge in [0.2, 0.25) is 5.91 Å². The average molecular weight is 475 g/mol. The Balaban J connectivity index is 1.67. The lowest BCUT2D eigenvalue weighted by atomic mass is 9.99. The number of hydrogen-bond donors (Lipinski definition) is 1. The standard InChI is InChI=1S/C27H23ClN2O4/c1-16(2)14-23(30-26(33)19-10-6-7-11-20(19)27(30)34)25(32)29-22-13-12-18(28)15-21(22)24(31)17-8-4-3-5-9-17/h3-13,15-16,23H,14H2,1-2H3,(H,29,32)/t23-/m1/s1. The van der Waals surface area contributed by atoms with Crippen LogP contribution in [0.5, 0.6) is 0 Å². The molecule has 3 aromatic carbocycles. The molecule has 0 unspecified atom stereocenters. The van der Waals surface area contributed by atoms with Gasteiger partial charge < -0.3 is 5.32 Å². The topological polar surface area (TPSA) is 83.6 Å². The van der Waals surface area contributed by atoms with E-state index in [1.54, 1.807) is 66.7 Å². The van der Waals surface area contributed by atoms with Crippen LogP contribution in [0.4, 0.5) is 5.69 Å². The zero-order valence-electron chi connectivity index (χ0n) is 18.7. The monoisotopic (exact) mass is 474 g/mol. The van der Waals surface area contributed by atoms with Gasteiger partial charge in [0.15, 0.2) is 5.78 Å². The molecule has 1 aliphatic rings. The highest BCUT2D eigenvalue weighted by molar-refractivity contribution is 6.31. The van der Waals surface area contributed by atoms with Gasteiger partial charge in [-0.1, -0.05) is 67.9 Å². The predicted molar refractivity (Wildman–Crippen MR) is 130 cm³/mol. The lowest BCUT2D eigenvalue weighted by Crippen LogP contribution is -2.48. The Labute approximate surface area is 202 Å². The predicted octanol–water partition coefficient (Wildman–Crippen LogP) is 5.22. The van der Waals surface area contributed by atoms with Crippen molar-refractivity contribution in [2.45, 2.75) is 26.3 Å². The van der Waals surface area contributed by atoms with Crippen LogP contribution in [0.15, 0.2) is 72.8 Å². The Morgan fingerprint density at radius 1 is 0.882 bits per heavy atom. The van der Waals surface area contributed by atoms with Crippen molar-refractivity contribution in [1.29, 1.82) is 0 Å². The molecule has 172 valence electrons. The van der Waals surface area contributed by atoms with Crippen molar-refractivity contribution >= 4 is 40.8 Å². The third kappa shape index (κ3) is 4.50. The molecule has 1 aliphatic heterocycles. The van der Waals surface area contributed by atoms with Crippen LogP contribution < -0.4 is 5.32 Å². The molecule has 0 spiro atoms. The van der Waals surface area contributed by atoms with Crippen LogP contribution in [-0.4, -0.2) is 34.4 Å². The molecular formula is C27H23ClN2O4. The second-order valence-electron chi connectivity index (χ2n) is 8.55. The molecule has 0 saturated carbocycles. The fourth-order valence-corrected chi connectivity index (χ4v) is 4.21. The van der Waals surface area contributed by atoms with Gasteiger partial charge in [0.05, 0.1) is 16.8 Å². The van der Waals surface area contributed by atoms with Gasteiger partial charge in [-0.15, -0.1) is 0 Å². The highest BCUT2D eigenvalue weighted by atomic mass is 35.5. The van der Waals surface area contributed by atoms with Gasteiger partial charge in [-0.2, -0.15) is 0 Å². The first-order valence-electron chi connectivity index (χ1n) is 10.9. The average Bonchev–Trinajstić information content (AvgIpc) is 3.08.